The van der Waals surface area contributed by atoms with Crippen LogP contribution in [0.5, 0.6) is 0 Å². The highest BCUT2D eigenvalue weighted by molar-refractivity contribution is 6.02. The lowest BCUT2D eigenvalue weighted by Gasteiger charge is -2.34. The summed E-state index contributed by atoms with van der Waals surface area (Å²) in [5.74, 6) is 0. The first kappa shape index (κ1) is 40.4. The molecule has 3 aliphatic carbocycles. The minimum Gasteiger partial charge on any atom is -0.310 e. The number of fused-ring (bicyclic) bond motifs is 14. The Morgan fingerprint density at radius 2 is 0.700 bits per heavy atom. The molecule has 0 N–H and O–H groups in total. The molecule has 0 fully saturated rings. The maximum absolute atomic E-state index is 2.57. The van der Waals surface area contributed by atoms with Gasteiger partial charge >= 0.3 is 0 Å². The summed E-state index contributed by atoms with van der Waals surface area (Å²) in [5, 5.41) is 2.45. The predicted molar refractivity (Wildman–Crippen MR) is 293 cm³/mol. The molecule has 0 saturated heterocycles. The number of benzene rings is 11. The number of nitrogens with zero attached hydrogens (tertiary/aromatic N) is 2. The normalized spacial score (nSPS) is 15.2. The molecule has 0 saturated carbocycles. The van der Waals surface area contributed by atoms with Gasteiger partial charge in [-0.15, -0.1) is 0 Å². The van der Waals surface area contributed by atoms with Crippen LogP contribution in [0, 0.1) is 0 Å². The third-order valence-corrected chi connectivity index (χ3v) is 15.6. The zero-order valence-electron chi connectivity index (χ0n) is 39.1. The lowest BCUT2D eigenvalue weighted by molar-refractivity contribution is 0.660. The second kappa shape index (κ2) is 15.4. The average molecular weight is 893 g/mol. The largest absolute Gasteiger partial charge is 0.310 e. The molecule has 70 heavy (non-hydrogen) atoms. The van der Waals surface area contributed by atoms with Gasteiger partial charge in [0.2, 0.25) is 0 Å². The molecule has 2 heteroatoms. The molecule has 0 aliphatic heterocycles. The maximum Gasteiger partial charge on any atom is 0.0727 e. The topological polar surface area (TPSA) is 6.48 Å². The molecule has 0 bridgehead atoms. The zero-order chi connectivity index (χ0) is 46.6. The van der Waals surface area contributed by atoms with Crippen LogP contribution >= 0.6 is 0 Å². The molecule has 2 nitrogen and oxygen atoms in total. The molecular weight excluding hydrogens is 845 g/mol. The Bertz CT molecular complexity index is 3830. The SMILES string of the molecule is CC1(C)c2ccccc2-c2ccc(N(c3ccccc3)c3cc4c(cc3-c3ccc5ccccc5c3)-c3ccccc3C43c4ccccc4-c4ccc(N(c5ccccc5)c5ccccc5)cc43)cc21. The van der Waals surface area contributed by atoms with Gasteiger partial charge in [-0.05, 0) is 162 Å². The van der Waals surface area contributed by atoms with Gasteiger partial charge in [-0.2, -0.15) is 0 Å². The van der Waals surface area contributed by atoms with Crippen molar-refractivity contribution < 1.29 is 0 Å². The minimum atomic E-state index is -0.618. The Labute approximate surface area is 410 Å². The summed E-state index contributed by atoms with van der Waals surface area (Å²) in [6, 6.07) is 95.1. The van der Waals surface area contributed by atoms with E-state index in [1.165, 1.54) is 88.7 Å². The Kier molecular flexibility index (Phi) is 8.88. The van der Waals surface area contributed by atoms with Crippen LogP contribution in [0.15, 0.2) is 255 Å². The van der Waals surface area contributed by atoms with Gasteiger partial charge in [0, 0.05) is 39.4 Å². The molecule has 0 heterocycles. The van der Waals surface area contributed by atoms with Crippen LogP contribution in [0.3, 0.4) is 0 Å². The lowest BCUT2D eigenvalue weighted by Crippen LogP contribution is -2.26. The van der Waals surface area contributed by atoms with Gasteiger partial charge in [0.15, 0.2) is 0 Å². The van der Waals surface area contributed by atoms with Crippen molar-refractivity contribution in [3.8, 4) is 44.5 Å². The average Bonchev–Trinajstić information content (AvgIpc) is 3.97. The van der Waals surface area contributed by atoms with Gasteiger partial charge in [0.25, 0.3) is 0 Å². The van der Waals surface area contributed by atoms with Crippen molar-refractivity contribution in [1.29, 1.82) is 0 Å². The van der Waals surface area contributed by atoms with E-state index in [0.717, 1.165) is 34.1 Å². The van der Waals surface area contributed by atoms with Crippen molar-refractivity contribution in [2.24, 2.45) is 0 Å². The molecule has 1 spiro atoms. The summed E-state index contributed by atoms with van der Waals surface area (Å²) in [7, 11) is 0. The van der Waals surface area contributed by atoms with E-state index in [0.29, 0.717) is 0 Å². The van der Waals surface area contributed by atoms with E-state index < -0.39 is 5.41 Å². The Hall–Kier alpha value is -8.72. The van der Waals surface area contributed by atoms with Gasteiger partial charge in [-0.25, -0.2) is 0 Å². The molecule has 0 aromatic heterocycles. The van der Waals surface area contributed by atoms with E-state index in [4.69, 9.17) is 0 Å². The maximum atomic E-state index is 2.57. The molecule has 330 valence electrons. The summed E-state index contributed by atoms with van der Waals surface area (Å²) in [6.45, 7) is 4.76. The van der Waals surface area contributed by atoms with Crippen molar-refractivity contribution in [1.82, 2.24) is 0 Å². The lowest BCUT2D eigenvalue weighted by atomic mass is 9.70. The van der Waals surface area contributed by atoms with E-state index in [1.54, 1.807) is 0 Å². The molecule has 11 aromatic rings. The Morgan fingerprint density at radius 1 is 0.257 bits per heavy atom. The second-order valence-electron chi connectivity index (χ2n) is 19.6. The Morgan fingerprint density at radius 3 is 1.33 bits per heavy atom. The van der Waals surface area contributed by atoms with E-state index >= 15 is 0 Å². The summed E-state index contributed by atoms with van der Waals surface area (Å²) >= 11 is 0. The van der Waals surface area contributed by atoms with Crippen molar-refractivity contribution in [3.05, 3.63) is 288 Å². The van der Waals surface area contributed by atoms with Crippen LogP contribution in [0.2, 0.25) is 0 Å². The molecule has 11 aromatic carbocycles. The first-order valence-corrected chi connectivity index (χ1v) is 24.5. The van der Waals surface area contributed by atoms with Crippen LogP contribution in [0.1, 0.15) is 47.2 Å². The molecule has 14 rings (SSSR count). The number of anilines is 6. The zero-order valence-corrected chi connectivity index (χ0v) is 39.1. The van der Waals surface area contributed by atoms with Crippen molar-refractivity contribution in [3.63, 3.8) is 0 Å². The van der Waals surface area contributed by atoms with Gasteiger partial charge in [-0.3, -0.25) is 0 Å². The van der Waals surface area contributed by atoms with E-state index in [9.17, 15) is 0 Å². The number of hydrogen-bond donors (Lipinski definition) is 0. The highest BCUT2D eigenvalue weighted by atomic mass is 15.1. The van der Waals surface area contributed by atoms with Crippen molar-refractivity contribution in [2.75, 3.05) is 9.80 Å². The van der Waals surface area contributed by atoms with E-state index in [2.05, 4.69) is 278 Å². The molecule has 0 radical (unpaired) electrons. The number of para-hydroxylation sites is 3. The van der Waals surface area contributed by atoms with Crippen LogP contribution in [-0.2, 0) is 10.8 Å². The van der Waals surface area contributed by atoms with Crippen LogP contribution in [0.4, 0.5) is 34.1 Å². The smallest absolute Gasteiger partial charge is 0.0727 e. The molecule has 0 amide bonds. The predicted octanol–water partition coefficient (Wildman–Crippen LogP) is 18.1. The minimum absolute atomic E-state index is 0.169. The third kappa shape index (κ3) is 5.80. The third-order valence-electron chi connectivity index (χ3n) is 15.6. The fourth-order valence-corrected chi connectivity index (χ4v) is 12.5. The van der Waals surface area contributed by atoms with Crippen molar-refractivity contribution in [2.45, 2.75) is 24.7 Å². The summed E-state index contributed by atoms with van der Waals surface area (Å²) in [4.78, 5) is 4.93. The summed E-state index contributed by atoms with van der Waals surface area (Å²) in [6.07, 6.45) is 0. The van der Waals surface area contributed by atoms with Gasteiger partial charge in [0.05, 0.1) is 11.1 Å². The molecule has 3 aliphatic rings. The second-order valence-corrected chi connectivity index (χ2v) is 19.6. The fraction of sp³-hybridized carbons (Fsp3) is 0.0588. The van der Waals surface area contributed by atoms with Gasteiger partial charge in [0.1, 0.15) is 0 Å². The van der Waals surface area contributed by atoms with Crippen molar-refractivity contribution >= 4 is 44.9 Å². The first-order chi connectivity index (χ1) is 34.5. The standard InChI is InChI=1S/C68H48N2/c1-67(2)60-31-17-14-28-53(60)56-38-37-52(41-63(56)67)70(50-26-10-5-11-27-50)66-44-65-59(43-58(66)47-35-34-45-20-12-13-21-46(45)40-47)55-30-16-19-33-62(55)68(65)61-32-18-15-29-54(61)57-39-36-51(42-64(57)68)69(48-22-6-3-7-23-48)49-24-8-4-9-25-49/h3-44H,1-2H3. The number of hydrogen-bond acceptors (Lipinski definition) is 2. The van der Waals surface area contributed by atoms with Gasteiger partial charge in [-0.1, -0.05) is 190 Å². The molecular formula is C68H48N2. The van der Waals surface area contributed by atoms with Crippen LogP contribution in [-0.4, -0.2) is 0 Å². The van der Waals surface area contributed by atoms with Crippen LogP contribution < -0.4 is 9.80 Å². The van der Waals surface area contributed by atoms with Gasteiger partial charge < -0.3 is 9.80 Å². The summed E-state index contributed by atoms with van der Waals surface area (Å²) < 4.78 is 0. The first-order valence-electron chi connectivity index (χ1n) is 24.5. The Balaban J connectivity index is 1.08. The quantitative estimate of drug-likeness (QED) is 0.157. The molecule has 1 atom stereocenters. The summed E-state index contributed by atoms with van der Waals surface area (Å²) in [5.41, 5.74) is 23.9. The molecule has 1 unspecified atom stereocenters. The highest BCUT2D eigenvalue weighted by Gasteiger charge is 2.52. The van der Waals surface area contributed by atoms with Crippen LogP contribution in [0.25, 0.3) is 55.3 Å². The monoisotopic (exact) mass is 892 g/mol. The van der Waals surface area contributed by atoms with E-state index in [1.807, 2.05) is 0 Å². The fourth-order valence-electron chi connectivity index (χ4n) is 12.5. The highest BCUT2D eigenvalue weighted by Crippen LogP contribution is 2.65. The number of rotatable bonds is 7. The van der Waals surface area contributed by atoms with E-state index in [-0.39, 0.29) is 5.41 Å².